The van der Waals surface area contributed by atoms with Crippen LogP contribution in [0.4, 0.5) is 0 Å². The molecule has 0 fully saturated rings. The summed E-state index contributed by atoms with van der Waals surface area (Å²) in [6, 6.07) is 9.36. The minimum Gasteiger partial charge on any atom is -0.346 e. The van der Waals surface area contributed by atoms with Crippen LogP contribution in [0.25, 0.3) is 11.3 Å². The molecule has 1 unspecified atom stereocenters. The summed E-state index contributed by atoms with van der Waals surface area (Å²) in [4.78, 5) is 0. The average Bonchev–Trinajstić information content (AvgIpc) is 2.87. The maximum atomic E-state index is 5.95. The predicted molar refractivity (Wildman–Crippen MR) is 80.4 cm³/mol. The normalized spacial score (nSPS) is 14.6. The van der Waals surface area contributed by atoms with Crippen molar-refractivity contribution in [2.45, 2.75) is 45.7 Å². The van der Waals surface area contributed by atoms with Gasteiger partial charge in [-0.3, -0.25) is 0 Å². The van der Waals surface area contributed by atoms with Crippen molar-refractivity contribution in [2.75, 3.05) is 0 Å². The minimum atomic E-state index is 0.189. The van der Waals surface area contributed by atoms with Gasteiger partial charge in [-0.15, -0.1) is 0 Å². The van der Waals surface area contributed by atoms with E-state index in [1.807, 2.05) is 0 Å². The average molecular weight is 254 g/mol. The van der Waals surface area contributed by atoms with Crippen molar-refractivity contribution in [3.8, 4) is 11.3 Å². The van der Waals surface area contributed by atoms with E-state index in [2.05, 4.69) is 55.8 Å². The molecule has 1 aliphatic carbocycles. The number of rotatable bonds is 3. The van der Waals surface area contributed by atoms with Gasteiger partial charge in [-0.05, 0) is 41.7 Å². The molecular formula is C17H22N2. The Morgan fingerprint density at radius 1 is 1.16 bits per heavy atom. The summed E-state index contributed by atoms with van der Waals surface area (Å²) in [7, 11) is 0. The number of aromatic nitrogens is 1. The van der Waals surface area contributed by atoms with E-state index in [-0.39, 0.29) is 6.04 Å². The predicted octanol–water partition coefficient (Wildman–Crippen LogP) is 3.53. The molecule has 0 amide bonds. The monoisotopic (exact) mass is 254 g/mol. The first kappa shape index (κ1) is 12.5. The number of fused-ring (bicyclic) bond motifs is 3. The molecule has 2 N–H and O–H groups in total. The van der Waals surface area contributed by atoms with Gasteiger partial charge >= 0.3 is 0 Å². The second-order valence-electron chi connectivity index (χ2n) is 6.07. The molecular weight excluding hydrogens is 232 g/mol. The number of hydrogen-bond donors (Lipinski definition) is 1. The molecule has 1 aliphatic rings. The van der Waals surface area contributed by atoms with E-state index < -0.39 is 0 Å². The molecule has 2 heteroatoms. The molecule has 2 nitrogen and oxygen atoms in total. The van der Waals surface area contributed by atoms with Gasteiger partial charge in [-0.25, -0.2) is 0 Å². The zero-order chi connectivity index (χ0) is 13.6. The molecule has 0 aliphatic heterocycles. The van der Waals surface area contributed by atoms with E-state index in [9.17, 15) is 0 Å². The van der Waals surface area contributed by atoms with Crippen molar-refractivity contribution >= 4 is 0 Å². The highest BCUT2D eigenvalue weighted by Gasteiger charge is 2.23. The molecule has 0 bridgehead atoms. The van der Waals surface area contributed by atoms with Gasteiger partial charge in [0, 0.05) is 30.8 Å². The lowest BCUT2D eigenvalue weighted by atomic mass is 9.98. The van der Waals surface area contributed by atoms with Crippen LogP contribution in [0.2, 0.25) is 0 Å². The van der Waals surface area contributed by atoms with Crippen LogP contribution in [-0.4, -0.2) is 10.6 Å². The third-order valence-corrected chi connectivity index (χ3v) is 3.97. The fourth-order valence-corrected chi connectivity index (χ4v) is 2.98. The van der Waals surface area contributed by atoms with Crippen LogP contribution < -0.4 is 5.73 Å². The fourth-order valence-electron chi connectivity index (χ4n) is 2.98. The molecule has 0 saturated heterocycles. The Balaban J connectivity index is 2.08. The van der Waals surface area contributed by atoms with Crippen LogP contribution in [0.5, 0.6) is 0 Å². The molecule has 100 valence electrons. The molecule has 19 heavy (non-hydrogen) atoms. The van der Waals surface area contributed by atoms with Crippen LogP contribution in [0.3, 0.4) is 0 Å². The zero-order valence-corrected chi connectivity index (χ0v) is 12.0. The summed E-state index contributed by atoms with van der Waals surface area (Å²) in [6.45, 7) is 7.45. The highest BCUT2D eigenvalue weighted by Crippen LogP contribution is 2.38. The molecule has 3 rings (SSSR count). The van der Waals surface area contributed by atoms with E-state index in [4.69, 9.17) is 5.73 Å². The highest BCUT2D eigenvalue weighted by molar-refractivity contribution is 5.75. The summed E-state index contributed by atoms with van der Waals surface area (Å²) in [5.74, 6) is 0.575. The Bertz CT molecular complexity index is 606. The number of nitrogens with zero attached hydrogens (tertiary/aromatic N) is 1. The second-order valence-corrected chi connectivity index (χ2v) is 6.07. The van der Waals surface area contributed by atoms with Gasteiger partial charge in [0.2, 0.25) is 0 Å². The first-order valence-electron chi connectivity index (χ1n) is 7.13. The third-order valence-electron chi connectivity index (χ3n) is 3.97. The molecule has 1 heterocycles. The summed E-state index contributed by atoms with van der Waals surface area (Å²) < 4.78 is 2.32. The van der Waals surface area contributed by atoms with Crippen LogP contribution in [0, 0.1) is 0 Å². The van der Waals surface area contributed by atoms with Gasteiger partial charge in [-0.2, -0.15) is 0 Å². The fraction of sp³-hybridized carbons (Fsp3) is 0.412. The van der Waals surface area contributed by atoms with Crippen LogP contribution >= 0.6 is 0 Å². The SMILES string of the molecule is CC(N)Cn1ccc2c1-c1cc(C(C)C)ccc1C2. The standard InChI is InChI=1S/C17H22N2/c1-11(2)13-4-5-14-8-15-6-7-19(10-12(3)18)17(15)16(14)9-13/h4-7,9,11-12H,8,10,18H2,1-3H3. The van der Waals surface area contributed by atoms with Gasteiger partial charge < -0.3 is 10.3 Å². The lowest BCUT2D eigenvalue weighted by Gasteiger charge is -2.13. The zero-order valence-electron chi connectivity index (χ0n) is 12.0. The minimum absolute atomic E-state index is 0.189. The van der Waals surface area contributed by atoms with E-state index in [0.29, 0.717) is 5.92 Å². The third kappa shape index (κ3) is 2.10. The molecule has 1 aromatic carbocycles. The molecule has 0 saturated carbocycles. The Hall–Kier alpha value is -1.54. The van der Waals surface area contributed by atoms with Crippen molar-refractivity contribution in [3.63, 3.8) is 0 Å². The van der Waals surface area contributed by atoms with E-state index >= 15 is 0 Å². The van der Waals surface area contributed by atoms with Gasteiger partial charge in [0.25, 0.3) is 0 Å². The summed E-state index contributed by atoms with van der Waals surface area (Å²) in [5, 5.41) is 0. The lowest BCUT2D eigenvalue weighted by molar-refractivity contribution is 0.596. The quantitative estimate of drug-likeness (QED) is 0.761. The molecule has 0 spiro atoms. The Morgan fingerprint density at radius 3 is 2.63 bits per heavy atom. The molecule has 1 aromatic heterocycles. The van der Waals surface area contributed by atoms with E-state index in [1.165, 1.54) is 27.9 Å². The maximum Gasteiger partial charge on any atom is 0.0519 e. The summed E-state index contributed by atoms with van der Waals surface area (Å²) in [5.41, 5.74) is 13.1. The molecule has 0 radical (unpaired) electrons. The largest absolute Gasteiger partial charge is 0.346 e. The van der Waals surface area contributed by atoms with Crippen LogP contribution in [-0.2, 0) is 13.0 Å². The second kappa shape index (κ2) is 4.53. The topological polar surface area (TPSA) is 30.9 Å². The maximum absolute atomic E-state index is 5.95. The smallest absolute Gasteiger partial charge is 0.0519 e. The van der Waals surface area contributed by atoms with E-state index in [0.717, 1.165) is 13.0 Å². The Kier molecular flexibility index (Phi) is 2.98. The highest BCUT2D eigenvalue weighted by atomic mass is 15.0. The van der Waals surface area contributed by atoms with Crippen LogP contribution in [0.1, 0.15) is 43.4 Å². The Morgan fingerprint density at radius 2 is 1.95 bits per heavy atom. The van der Waals surface area contributed by atoms with Crippen molar-refractivity contribution in [3.05, 3.63) is 47.2 Å². The Labute approximate surface area is 115 Å². The first-order valence-corrected chi connectivity index (χ1v) is 7.13. The lowest BCUT2D eigenvalue weighted by Crippen LogP contribution is -2.22. The summed E-state index contributed by atoms with van der Waals surface area (Å²) in [6.07, 6.45) is 3.24. The van der Waals surface area contributed by atoms with Crippen molar-refractivity contribution < 1.29 is 0 Å². The number of hydrogen-bond acceptors (Lipinski definition) is 1. The molecule has 1 atom stereocenters. The van der Waals surface area contributed by atoms with Crippen molar-refractivity contribution in [1.29, 1.82) is 0 Å². The van der Waals surface area contributed by atoms with Crippen molar-refractivity contribution in [1.82, 2.24) is 4.57 Å². The van der Waals surface area contributed by atoms with Crippen molar-refractivity contribution in [2.24, 2.45) is 5.73 Å². The van der Waals surface area contributed by atoms with Gasteiger partial charge in [0.1, 0.15) is 0 Å². The van der Waals surface area contributed by atoms with Crippen LogP contribution in [0.15, 0.2) is 30.5 Å². The summed E-state index contributed by atoms with van der Waals surface area (Å²) >= 11 is 0. The number of benzene rings is 1. The van der Waals surface area contributed by atoms with E-state index in [1.54, 1.807) is 0 Å². The van der Waals surface area contributed by atoms with Gasteiger partial charge in [-0.1, -0.05) is 26.0 Å². The first-order chi connectivity index (χ1) is 9.06. The van der Waals surface area contributed by atoms with Gasteiger partial charge in [0.15, 0.2) is 0 Å². The number of nitrogens with two attached hydrogens (primary N) is 1. The molecule has 2 aromatic rings. The van der Waals surface area contributed by atoms with Gasteiger partial charge in [0.05, 0.1) is 5.69 Å².